The van der Waals surface area contributed by atoms with E-state index in [0.717, 1.165) is 10.7 Å². The van der Waals surface area contributed by atoms with Crippen molar-refractivity contribution in [3.05, 3.63) is 50.0 Å². The van der Waals surface area contributed by atoms with E-state index in [-0.39, 0.29) is 23.5 Å². The zero-order valence-electron chi connectivity index (χ0n) is 11.6. The number of nitrogens with zero attached hydrogens (tertiary/aromatic N) is 3. The summed E-state index contributed by atoms with van der Waals surface area (Å²) in [5.74, 6) is -0.459. The van der Waals surface area contributed by atoms with Gasteiger partial charge in [0.15, 0.2) is 0 Å². The van der Waals surface area contributed by atoms with Gasteiger partial charge in [-0.2, -0.15) is 0 Å². The molecule has 21 heavy (non-hydrogen) atoms. The number of anilines is 1. The highest BCUT2D eigenvalue weighted by Gasteiger charge is 2.25. The molecule has 0 fully saturated rings. The molecule has 0 aliphatic rings. The Balaban J connectivity index is 2.27. The third kappa shape index (κ3) is 3.16. The number of hydrogen-bond donors (Lipinski definition) is 1. The van der Waals surface area contributed by atoms with Gasteiger partial charge in [0.25, 0.3) is 5.91 Å². The predicted molar refractivity (Wildman–Crippen MR) is 80.2 cm³/mol. The van der Waals surface area contributed by atoms with Gasteiger partial charge in [0.05, 0.1) is 22.2 Å². The fourth-order valence-electron chi connectivity index (χ4n) is 1.94. The van der Waals surface area contributed by atoms with E-state index in [9.17, 15) is 14.9 Å². The van der Waals surface area contributed by atoms with Crippen LogP contribution < -0.4 is 5.73 Å². The summed E-state index contributed by atoms with van der Waals surface area (Å²) in [5, 5.41) is 13.8. The number of amides is 1. The first-order chi connectivity index (χ1) is 9.90. The predicted octanol–water partition coefficient (Wildman–Crippen LogP) is 2.21. The van der Waals surface area contributed by atoms with Crippen LogP contribution in [0.2, 0.25) is 0 Å². The summed E-state index contributed by atoms with van der Waals surface area (Å²) in [4.78, 5) is 28.5. The highest BCUT2D eigenvalue weighted by molar-refractivity contribution is 7.09. The van der Waals surface area contributed by atoms with Crippen LogP contribution in [0, 0.1) is 17.0 Å². The molecule has 1 aromatic carbocycles. The standard InChI is InChI=1S/C13H14N4O3S/c1-8-15-9(7-21-8)6-16(2)13(18)10-4-3-5-11(14)12(10)17(19)20/h3-5,7H,6,14H2,1-2H3. The summed E-state index contributed by atoms with van der Waals surface area (Å²) in [6.07, 6.45) is 0. The van der Waals surface area contributed by atoms with Crippen LogP contribution in [0.15, 0.2) is 23.6 Å². The second kappa shape index (κ2) is 5.88. The van der Waals surface area contributed by atoms with Gasteiger partial charge >= 0.3 is 5.69 Å². The van der Waals surface area contributed by atoms with Gasteiger partial charge in [-0.3, -0.25) is 14.9 Å². The van der Waals surface area contributed by atoms with Gasteiger partial charge in [0.1, 0.15) is 11.3 Å². The van der Waals surface area contributed by atoms with Crippen LogP contribution in [0.4, 0.5) is 11.4 Å². The largest absolute Gasteiger partial charge is 0.393 e. The first-order valence-electron chi connectivity index (χ1n) is 6.09. The lowest BCUT2D eigenvalue weighted by molar-refractivity contribution is -0.384. The Labute approximate surface area is 125 Å². The van der Waals surface area contributed by atoms with Crippen LogP contribution >= 0.6 is 11.3 Å². The Morgan fingerprint density at radius 3 is 2.81 bits per heavy atom. The number of thiazole rings is 1. The van der Waals surface area contributed by atoms with Crippen molar-refractivity contribution in [2.24, 2.45) is 0 Å². The molecule has 0 atom stereocenters. The Hall–Kier alpha value is -2.48. The van der Waals surface area contributed by atoms with Crippen molar-refractivity contribution in [3.8, 4) is 0 Å². The smallest absolute Gasteiger partial charge is 0.304 e. The molecule has 2 rings (SSSR count). The zero-order valence-corrected chi connectivity index (χ0v) is 12.4. The van der Waals surface area contributed by atoms with Gasteiger partial charge in [-0.25, -0.2) is 4.98 Å². The Morgan fingerprint density at radius 1 is 1.52 bits per heavy atom. The van der Waals surface area contributed by atoms with Crippen molar-refractivity contribution < 1.29 is 9.72 Å². The third-order valence-electron chi connectivity index (χ3n) is 2.89. The summed E-state index contributed by atoms with van der Waals surface area (Å²) in [6, 6.07) is 4.33. The molecule has 0 spiro atoms. The maximum Gasteiger partial charge on any atom is 0.304 e. The van der Waals surface area contributed by atoms with Crippen LogP contribution in [-0.4, -0.2) is 27.8 Å². The number of nitro groups is 1. The Kier molecular flexibility index (Phi) is 4.18. The van der Waals surface area contributed by atoms with Gasteiger partial charge in [-0.1, -0.05) is 6.07 Å². The van der Waals surface area contributed by atoms with Crippen molar-refractivity contribution in [1.29, 1.82) is 0 Å². The van der Waals surface area contributed by atoms with Crippen molar-refractivity contribution in [2.45, 2.75) is 13.5 Å². The lowest BCUT2D eigenvalue weighted by Crippen LogP contribution is -2.27. The van der Waals surface area contributed by atoms with E-state index in [2.05, 4.69) is 4.98 Å². The summed E-state index contributed by atoms with van der Waals surface area (Å²) in [6.45, 7) is 2.16. The fraction of sp³-hybridized carbons (Fsp3) is 0.231. The topological polar surface area (TPSA) is 102 Å². The fourth-order valence-corrected chi connectivity index (χ4v) is 2.54. The monoisotopic (exact) mass is 306 g/mol. The summed E-state index contributed by atoms with van der Waals surface area (Å²) in [7, 11) is 1.57. The molecule has 110 valence electrons. The van der Waals surface area contributed by atoms with E-state index < -0.39 is 10.8 Å². The van der Waals surface area contributed by atoms with E-state index in [4.69, 9.17) is 5.73 Å². The molecular weight excluding hydrogens is 292 g/mol. The van der Waals surface area contributed by atoms with Crippen LogP contribution in [0.1, 0.15) is 21.1 Å². The average Bonchev–Trinajstić information content (AvgIpc) is 2.82. The maximum atomic E-state index is 12.4. The molecule has 0 bridgehead atoms. The molecule has 8 heteroatoms. The molecule has 2 aromatic rings. The molecule has 1 aromatic heterocycles. The van der Waals surface area contributed by atoms with Crippen molar-refractivity contribution in [3.63, 3.8) is 0 Å². The number of nitrogen functional groups attached to an aromatic ring is 1. The van der Waals surface area contributed by atoms with E-state index in [0.29, 0.717) is 0 Å². The molecule has 0 aliphatic carbocycles. The second-order valence-electron chi connectivity index (χ2n) is 4.52. The number of carbonyl (C=O) groups is 1. The highest BCUT2D eigenvalue weighted by Crippen LogP contribution is 2.27. The quantitative estimate of drug-likeness (QED) is 0.530. The molecule has 0 saturated heterocycles. The summed E-state index contributed by atoms with van der Waals surface area (Å²) >= 11 is 1.49. The number of aryl methyl sites for hydroxylation is 1. The molecular formula is C13H14N4O3S. The number of para-hydroxylation sites is 1. The molecule has 2 N–H and O–H groups in total. The van der Waals surface area contributed by atoms with E-state index >= 15 is 0 Å². The number of nitrogens with two attached hydrogens (primary N) is 1. The van der Waals surface area contributed by atoms with Crippen LogP contribution in [0.3, 0.4) is 0 Å². The molecule has 1 amide bonds. The van der Waals surface area contributed by atoms with E-state index in [1.165, 1.54) is 34.4 Å². The van der Waals surface area contributed by atoms with Gasteiger partial charge < -0.3 is 10.6 Å². The minimum absolute atomic E-state index is 0.0190. The van der Waals surface area contributed by atoms with E-state index in [1.807, 2.05) is 12.3 Å². The average molecular weight is 306 g/mol. The minimum atomic E-state index is -0.636. The van der Waals surface area contributed by atoms with Crippen LogP contribution in [-0.2, 0) is 6.54 Å². The van der Waals surface area contributed by atoms with Gasteiger partial charge in [0, 0.05) is 12.4 Å². The Morgan fingerprint density at radius 2 is 2.24 bits per heavy atom. The Bertz CT molecular complexity index is 698. The highest BCUT2D eigenvalue weighted by atomic mass is 32.1. The number of aromatic nitrogens is 1. The van der Waals surface area contributed by atoms with Crippen LogP contribution in [0.25, 0.3) is 0 Å². The molecule has 1 heterocycles. The third-order valence-corrected chi connectivity index (χ3v) is 3.71. The van der Waals surface area contributed by atoms with Crippen molar-refractivity contribution >= 4 is 28.6 Å². The molecule has 7 nitrogen and oxygen atoms in total. The minimum Gasteiger partial charge on any atom is -0.393 e. The maximum absolute atomic E-state index is 12.4. The molecule has 0 radical (unpaired) electrons. The first kappa shape index (κ1) is 14.9. The SMILES string of the molecule is Cc1nc(CN(C)C(=O)c2cccc(N)c2[N+](=O)[O-])cs1. The van der Waals surface area contributed by atoms with Crippen LogP contribution in [0.5, 0.6) is 0 Å². The van der Waals surface area contributed by atoms with Gasteiger partial charge in [-0.15, -0.1) is 11.3 Å². The number of carbonyl (C=O) groups excluding carboxylic acids is 1. The lowest BCUT2D eigenvalue weighted by Gasteiger charge is -2.16. The van der Waals surface area contributed by atoms with Crippen molar-refractivity contribution in [1.82, 2.24) is 9.88 Å². The van der Waals surface area contributed by atoms with Crippen molar-refractivity contribution in [2.75, 3.05) is 12.8 Å². The number of hydrogen-bond acceptors (Lipinski definition) is 6. The molecule has 0 saturated carbocycles. The molecule has 0 unspecified atom stereocenters. The van der Waals surface area contributed by atoms with E-state index in [1.54, 1.807) is 7.05 Å². The second-order valence-corrected chi connectivity index (χ2v) is 5.58. The normalized spacial score (nSPS) is 10.4. The summed E-state index contributed by atoms with van der Waals surface area (Å²) in [5.41, 5.74) is 5.94. The first-order valence-corrected chi connectivity index (χ1v) is 6.97. The van der Waals surface area contributed by atoms with Gasteiger partial charge in [0.2, 0.25) is 0 Å². The lowest BCUT2D eigenvalue weighted by atomic mass is 10.1. The molecule has 0 aliphatic heterocycles. The summed E-state index contributed by atoms with van der Waals surface area (Å²) < 4.78 is 0. The number of benzene rings is 1. The van der Waals surface area contributed by atoms with Gasteiger partial charge in [-0.05, 0) is 19.1 Å². The number of nitro benzene ring substituents is 1. The zero-order chi connectivity index (χ0) is 15.6. The number of rotatable bonds is 4.